The maximum absolute atomic E-state index is 6.11. The molecule has 90 valence electrons. The molecule has 1 aliphatic heterocycles. The van der Waals surface area contributed by atoms with Gasteiger partial charge < -0.3 is 16.4 Å². The van der Waals surface area contributed by atoms with Crippen molar-refractivity contribution in [3.8, 4) is 0 Å². The van der Waals surface area contributed by atoms with E-state index in [1.54, 1.807) is 0 Å². The third-order valence-corrected chi connectivity index (χ3v) is 4.61. The molecule has 0 radical (unpaired) electrons. The van der Waals surface area contributed by atoms with E-state index < -0.39 is 0 Å². The highest BCUT2D eigenvalue weighted by Gasteiger charge is 2.66. The molecule has 0 saturated heterocycles. The topological polar surface area (TPSA) is 50.1 Å². The van der Waals surface area contributed by atoms with E-state index in [1.807, 2.05) is 0 Å². The van der Waals surface area contributed by atoms with Crippen LogP contribution in [0.5, 0.6) is 0 Å². The summed E-state index contributed by atoms with van der Waals surface area (Å²) in [5.41, 5.74) is 11.0. The average Bonchev–Trinajstić information content (AvgIpc) is 2.26. The Hall–Kier alpha value is -1.06. The van der Waals surface area contributed by atoms with Crippen LogP contribution in [0.1, 0.15) is 30.4 Å². The minimum Gasteiger partial charge on any atom is -0.379 e. The summed E-state index contributed by atoms with van der Waals surface area (Å²) in [6, 6.07) is 6.63. The van der Waals surface area contributed by atoms with Crippen LogP contribution in [0.15, 0.2) is 18.2 Å². The van der Waals surface area contributed by atoms with Crippen LogP contribution < -0.4 is 16.4 Å². The normalized spacial score (nSPS) is 37.7. The zero-order valence-electron chi connectivity index (χ0n) is 10.1. The summed E-state index contributed by atoms with van der Waals surface area (Å²) in [5, 5.41) is 7.19. The van der Waals surface area contributed by atoms with Gasteiger partial charge in [-0.25, -0.2) is 0 Å². The zero-order chi connectivity index (χ0) is 11.5. The fraction of sp³-hybridized carbons (Fsp3) is 0.571. The lowest BCUT2D eigenvalue weighted by atomic mass is 9.44. The average molecular weight is 229 g/mol. The van der Waals surface area contributed by atoms with Crippen molar-refractivity contribution in [2.75, 3.05) is 11.9 Å². The molecule has 5 rings (SSSR count). The fourth-order valence-corrected chi connectivity index (χ4v) is 3.93. The Bertz CT molecular complexity index is 461. The molecule has 3 saturated carbocycles. The number of nitrogens with one attached hydrogen (secondary N) is 2. The lowest BCUT2D eigenvalue weighted by Gasteiger charge is -2.69. The van der Waals surface area contributed by atoms with E-state index in [-0.39, 0.29) is 5.54 Å². The van der Waals surface area contributed by atoms with Gasteiger partial charge in [-0.15, -0.1) is 0 Å². The fourth-order valence-electron chi connectivity index (χ4n) is 3.93. The van der Waals surface area contributed by atoms with E-state index in [9.17, 15) is 0 Å². The Morgan fingerprint density at radius 2 is 2.06 bits per heavy atom. The molecule has 3 nitrogen and oxygen atoms in total. The highest BCUT2D eigenvalue weighted by Crippen LogP contribution is 2.60. The number of rotatable bonds is 2. The van der Waals surface area contributed by atoms with E-state index in [1.165, 1.54) is 16.8 Å². The standard InChI is InChI=1S/C14H19N3/c15-13-7-14(8-13,9-13)17-12-3-1-2-10-6-16-5-4-11(10)12/h1-3,16-17H,4-9,15H2. The van der Waals surface area contributed by atoms with Gasteiger partial charge in [-0.1, -0.05) is 12.1 Å². The van der Waals surface area contributed by atoms with Crippen molar-refractivity contribution in [1.29, 1.82) is 0 Å². The van der Waals surface area contributed by atoms with Gasteiger partial charge in [0.2, 0.25) is 0 Å². The van der Waals surface area contributed by atoms with Crippen LogP contribution in [0.25, 0.3) is 0 Å². The van der Waals surface area contributed by atoms with Crippen molar-refractivity contribution in [3.05, 3.63) is 29.3 Å². The Balaban J connectivity index is 1.62. The van der Waals surface area contributed by atoms with Crippen LogP contribution in [0.2, 0.25) is 0 Å². The largest absolute Gasteiger partial charge is 0.379 e. The molecule has 1 aromatic rings. The number of hydrogen-bond acceptors (Lipinski definition) is 3. The molecular weight excluding hydrogens is 210 g/mol. The first-order valence-electron chi connectivity index (χ1n) is 6.57. The number of benzene rings is 1. The lowest BCUT2D eigenvalue weighted by molar-refractivity contribution is -0.0318. The molecule has 0 aromatic heterocycles. The maximum atomic E-state index is 6.11. The number of hydrogen-bond donors (Lipinski definition) is 3. The summed E-state index contributed by atoms with van der Waals surface area (Å²) in [6.07, 6.45) is 4.61. The summed E-state index contributed by atoms with van der Waals surface area (Å²) < 4.78 is 0. The summed E-state index contributed by atoms with van der Waals surface area (Å²) in [7, 11) is 0. The molecule has 3 fully saturated rings. The first-order chi connectivity index (χ1) is 8.18. The van der Waals surface area contributed by atoms with Crippen LogP contribution in [0.4, 0.5) is 5.69 Å². The maximum Gasteiger partial charge on any atom is 0.0426 e. The van der Waals surface area contributed by atoms with E-state index in [0.29, 0.717) is 5.54 Å². The number of nitrogens with two attached hydrogens (primary N) is 1. The van der Waals surface area contributed by atoms with Gasteiger partial charge in [-0.2, -0.15) is 0 Å². The quantitative estimate of drug-likeness (QED) is 0.718. The van der Waals surface area contributed by atoms with E-state index in [0.717, 1.165) is 38.8 Å². The Morgan fingerprint density at radius 3 is 2.82 bits per heavy atom. The second-order valence-corrected chi connectivity index (χ2v) is 6.17. The Kier molecular flexibility index (Phi) is 1.77. The molecule has 3 aliphatic carbocycles. The van der Waals surface area contributed by atoms with E-state index in [2.05, 4.69) is 28.8 Å². The van der Waals surface area contributed by atoms with Crippen molar-refractivity contribution >= 4 is 5.69 Å². The minimum absolute atomic E-state index is 0.184. The second kappa shape index (κ2) is 3.03. The molecule has 4 N–H and O–H groups in total. The smallest absolute Gasteiger partial charge is 0.0426 e. The van der Waals surface area contributed by atoms with Gasteiger partial charge in [0, 0.05) is 23.3 Å². The second-order valence-electron chi connectivity index (χ2n) is 6.17. The minimum atomic E-state index is 0.184. The molecular formula is C14H19N3. The van der Waals surface area contributed by atoms with Crippen LogP contribution >= 0.6 is 0 Å². The summed E-state index contributed by atoms with van der Waals surface area (Å²) in [6.45, 7) is 2.11. The molecule has 1 aromatic carbocycles. The molecule has 0 amide bonds. The number of anilines is 1. The van der Waals surface area contributed by atoms with Gasteiger partial charge in [0.25, 0.3) is 0 Å². The monoisotopic (exact) mass is 229 g/mol. The van der Waals surface area contributed by atoms with Crippen molar-refractivity contribution in [2.24, 2.45) is 5.73 Å². The first-order valence-corrected chi connectivity index (χ1v) is 6.57. The third-order valence-electron chi connectivity index (χ3n) is 4.61. The molecule has 3 heteroatoms. The van der Waals surface area contributed by atoms with Crippen molar-refractivity contribution in [1.82, 2.24) is 5.32 Å². The van der Waals surface area contributed by atoms with Crippen LogP contribution in [0, 0.1) is 0 Å². The third kappa shape index (κ3) is 1.36. The SMILES string of the molecule is NC12CC(Nc3cccc4c3CCNC4)(C1)C2. The zero-order valence-corrected chi connectivity index (χ0v) is 10.1. The van der Waals surface area contributed by atoms with Gasteiger partial charge in [-0.3, -0.25) is 0 Å². The predicted molar refractivity (Wildman–Crippen MR) is 69.0 cm³/mol. The molecule has 0 spiro atoms. The van der Waals surface area contributed by atoms with Gasteiger partial charge in [0.05, 0.1) is 0 Å². The van der Waals surface area contributed by atoms with Crippen molar-refractivity contribution in [3.63, 3.8) is 0 Å². The van der Waals surface area contributed by atoms with Crippen molar-refractivity contribution < 1.29 is 0 Å². The van der Waals surface area contributed by atoms with Gasteiger partial charge >= 0.3 is 0 Å². The molecule has 0 unspecified atom stereocenters. The van der Waals surface area contributed by atoms with Crippen LogP contribution in [-0.4, -0.2) is 17.6 Å². The first kappa shape index (κ1) is 9.92. The van der Waals surface area contributed by atoms with Gasteiger partial charge in [-0.05, 0) is 49.4 Å². The van der Waals surface area contributed by atoms with E-state index in [4.69, 9.17) is 5.73 Å². The lowest BCUT2D eigenvalue weighted by Crippen LogP contribution is -2.79. The molecule has 17 heavy (non-hydrogen) atoms. The highest BCUT2D eigenvalue weighted by molar-refractivity contribution is 5.59. The Labute approximate surface area is 102 Å². The van der Waals surface area contributed by atoms with Crippen LogP contribution in [-0.2, 0) is 13.0 Å². The predicted octanol–water partition coefficient (Wildman–Crippen LogP) is 1.38. The van der Waals surface area contributed by atoms with Gasteiger partial charge in [0.1, 0.15) is 0 Å². The number of fused-ring (bicyclic) bond motifs is 1. The summed E-state index contributed by atoms with van der Waals surface area (Å²) in [5.74, 6) is 0. The molecule has 1 heterocycles. The van der Waals surface area contributed by atoms with Crippen LogP contribution in [0.3, 0.4) is 0 Å². The van der Waals surface area contributed by atoms with Gasteiger partial charge in [0.15, 0.2) is 0 Å². The molecule has 4 aliphatic rings. The van der Waals surface area contributed by atoms with Crippen molar-refractivity contribution in [2.45, 2.75) is 43.3 Å². The Morgan fingerprint density at radius 1 is 1.24 bits per heavy atom. The molecule has 2 bridgehead atoms. The summed E-state index contributed by atoms with van der Waals surface area (Å²) >= 11 is 0. The highest BCUT2D eigenvalue weighted by atomic mass is 15.1. The van der Waals surface area contributed by atoms with E-state index >= 15 is 0 Å². The summed E-state index contributed by atoms with van der Waals surface area (Å²) in [4.78, 5) is 0. The molecule has 0 atom stereocenters.